The van der Waals surface area contributed by atoms with Crippen molar-refractivity contribution in [3.05, 3.63) is 80.5 Å². The van der Waals surface area contributed by atoms with Crippen LogP contribution in [0.25, 0.3) is 10.6 Å². The third-order valence-corrected chi connectivity index (χ3v) is 9.07. The van der Waals surface area contributed by atoms with Gasteiger partial charge in [0.2, 0.25) is 0 Å². The van der Waals surface area contributed by atoms with E-state index in [2.05, 4.69) is 49.6 Å². The van der Waals surface area contributed by atoms with Crippen LogP contribution in [0.2, 0.25) is 5.02 Å². The smallest absolute Gasteiger partial charge is 0.123 e. The topological polar surface area (TPSA) is 25.4 Å². The zero-order valence-corrected chi connectivity index (χ0v) is 23.5. The van der Waals surface area contributed by atoms with Crippen LogP contribution in [0.5, 0.6) is 0 Å². The van der Waals surface area contributed by atoms with Crippen molar-refractivity contribution < 1.29 is 4.74 Å². The Morgan fingerprint density at radius 1 is 1.15 bits per heavy atom. The predicted molar refractivity (Wildman–Crippen MR) is 155 cm³/mol. The minimum absolute atomic E-state index is 0.258. The fourth-order valence-electron chi connectivity index (χ4n) is 3.77. The first-order valence-electron chi connectivity index (χ1n) is 11.3. The Balaban J connectivity index is 0.000000481. The highest BCUT2D eigenvalue weighted by Crippen LogP contribution is 2.30. The summed E-state index contributed by atoms with van der Waals surface area (Å²) in [5.74, 6) is 0. The van der Waals surface area contributed by atoms with Crippen LogP contribution in [0, 0.1) is 13.8 Å². The number of piperidine rings is 1. The largest absolute Gasteiger partial charge is 0.371 e. The van der Waals surface area contributed by atoms with E-state index in [0.717, 1.165) is 47.2 Å². The number of hydrogen-bond acceptors (Lipinski definition) is 6. The maximum atomic E-state index is 6.32. The standard InChI is InChI=1S/C23H25ClN2OS.C4H8S2/c1-16-6-3-4-8-21(16)26-13-5-7-20(14-26)27-15-22-17(2)25-23(28-22)18-9-11-19(24)12-10-18;1-4(5-2)6-3/h3-4,6,8-12,20H,5,7,13-15H2,1-2H3;1H2,2-3H3. The van der Waals surface area contributed by atoms with Gasteiger partial charge in [-0.25, -0.2) is 4.98 Å². The number of anilines is 1. The maximum Gasteiger partial charge on any atom is 0.123 e. The van der Waals surface area contributed by atoms with Crippen molar-refractivity contribution in [3.63, 3.8) is 0 Å². The van der Waals surface area contributed by atoms with Crippen molar-refractivity contribution in [2.45, 2.75) is 39.4 Å². The van der Waals surface area contributed by atoms with Gasteiger partial charge in [-0.05, 0) is 63.0 Å². The quantitative estimate of drug-likeness (QED) is 0.304. The molecule has 2 aromatic carbocycles. The lowest BCUT2D eigenvalue weighted by Crippen LogP contribution is -2.40. The van der Waals surface area contributed by atoms with E-state index < -0.39 is 0 Å². The minimum Gasteiger partial charge on any atom is -0.371 e. The number of ether oxygens (including phenoxy) is 1. The van der Waals surface area contributed by atoms with Gasteiger partial charge in [-0.2, -0.15) is 0 Å². The molecule has 1 aliphatic heterocycles. The van der Waals surface area contributed by atoms with Crippen molar-refractivity contribution in [1.82, 2.24) is 4.98 Å². The highest BCUT2D eigenvalue weighted by atomic mass is 35.5. The Hall–Kier alpha value is -1.44. The van der Waals surface area contributed by atoms with Crippen molar-refractivity contribution in [1.29, 1.82) is 0 Å². The lowest BCUT2D eigenvalue weighted by molar-refractivity contribution is 0.0327. The maximum absolute atomic E-state index is 6.32. The normalized spacial score (nSPS) is 15.6. The summed E-state index contributed by atoms with van der Waals surface area (Å²) < 4.78 is 7.49. The van der Waals surface area contributed by atoms with Crippen molar-refractivity contribution >= 4 is 52.1 Å². The van der Waals surface area contributed by atoms with Gasteiger partial charge in [-0.3, -0.25) is 0 Å². The van der Waals surface area contributed by atoms with E-state index in [1.807, 2.05) is 36.8 Å². The average Bonchev–Trinajstić information content (AvgIpc) is 3.24. The number of aryl methyl sites for hydroxylation is 2. The Morgan fingerprint density at radius 2 is 1.85 bits per heavy atom. The molecule has 1 atom stereocenters. The van der Waals surface area contributed by atoms with Crippen molar-refractivity contribution in [3.8, 4) is 10.6 Å². The summed E-state index contributed by atoms with van der Waals surface area (Å²) in [6, 6.07) is 16.5. The lowest BCUT2D eigenvalue weighted by atomic mass is 10.1. The summed E-state index contributed by atoms with van der Waals surface area (Å²) in [7, 11) is 0. The van der Waals surface area contributed by atoms with E-state index in [-0.39, 0.29) is 6.10 Å². The van der Waals surface area contributed by atoms with Gasteiger partial charge in [0, 0.05) is 33.6 Å². The molecule has 2 heterocycles. The molecular formula is C27H33ClN2OS3. The van der Waals surface area contributed by atoms with Crippen LogP contribution >= 0.6 is 46.5 Å². The molecule has 0 radical (unpaired) electrons. The van der Waals surface area contributed by atoms with E-state index in [1.165, 1.54) is 20.4 Å². The number of nitrogens with zero attached hydrogens (tertiary/aromatic N) is 2. The van der Waals surface area contributed by atoms with Gasteiger partial charge in [0.25, 0.3) is 0 Å². The lowest BCUT2D eigenvalue weighted by Gasteiger charge is -2.35. The van der Waals surface area contributed by atoms with Gasteiger partial charge < -0.3 is 9.64 Å². The molecule has 0 bridgehead atoms. The van der Waals surface area contributed by atoms with Gasteiger partial charge in [0.1, 0.15) is 5.01 Å². The number of halogens is 1. The van der Waals surface area contributed by atoms with Crippen LogP contribution in [0.1, 0.15) is 29.0 Å². The fraction of sp³-hybridized carbons (Fsp3) is 0.370. The summed E-state index contributed by atoms with van der Waals surface area (Å²) in [4.78, 5) is 8.40. The average molecular weight is 533 g/mol. The molecular weight excluding hydrogens is 500 g/mol. The molecule has 3 aromatic rings. The molecule has 182 valence electrons. The summed E-state index contributed by atoms with van der Waals surface area (Å²) in [6.45, 7) is 10.6. The first-order chi connectivity index (χ1) is 16.4. The summed E-state index contributed by atoms with van der Waals surface area (Å²) in [6.07, 6.45) is 6.59. The monoisotopic (exact) mass is 532 g/mol. The second kappa shape index (κ2) is 13.6. The molecule has 1 fully saturated rings. The van der Waals surface area contributed by atoms with E-state index in [4.69, 9.17) is 21.3 Å². The fourth-order valence-corrected chi connectivity index (χ4v) is 5.55. The highest BCUT2D eigenvalue weighted by molar-refractivity contribution is 8.21. The molecule has 0 amide bonds. The number of para-hydroxylation sites is 1. The molecule has 0 aliphatic carbocycles. The Kier molecular flexibility index (Phi) is 10.9. The van der Waals surface area contributed by atoms with E-state index in [9.17, 15) is 0 Å². The second-order valence-electron chi connectivity index (χ2n) is 8.12. The molecule has 0 saturated carbocycles. The first kappa shape index (κ1) is 27.2. The number of hydrogen-bond donors (Lipinski definition) is 0. The van der Waals surface area contributed by atoms with E-state index in [1.54, 1.807) is 34.9 Å². The number of thiazole rings is 1. The minimum atomic E-state index is 0.258. The molecule has 1 saturated heterocycles. The Morgan fingerprint density at radius 3 is 2.50 bits per heavy atom. The van der Waals surface area contributed by atoms with Gasteiger partial charge in [0.05, 0.1) is 23.3 Å². The molecule has 3 nitrogen and oxygen atoms in total. The summed E-state index contributed by atoms with van der Waals surface area (Å²) in [5, 5.41) is 1.77. The van der Waals surface area contributed by atoms with Gasteiger partial charge in [0.15, 0.2) is 0 Å². The zero-order chi connectivity index (χ0) is 24.5. The van der Waals surface area contributed by atoms with Gasteiger partial charge in [-0.1, -0.05) is 48.5 Å². The third kappa shape index (κ3) is 7.79. The number of thioether (sulfide) groups is 2. The highest BCUT2D eigenvalue weighted by Gasteiger charge is 2.22. The van der Waals surface area contributed by atoms with Crippen LogP contribution in [0.4, 0.5) is 5.69 Å². The van der Waals surface area contributed by atoms with Crippen molar-refractivity contribution in [2.75, 3.05) is 30.5 Å². The van der Waals surface area contributed by atoms with Gasteiger partial charge >= 0.3 is 0 Å². The molecule has 0 spiro atoms. The molecule has 1 aliphatic rings. The number of benzene rings is 2. The zero-order valence-electron chi connectivity index (χ0n) is 20.3. The SMILES string of the molecule is C=C(SC)SC.Cc1ccccc1N1CCCC(OCc2sc(-c3ccc(Cl)cc3)nc2C)C1. The van der Waals surface area contributed by atoms with Crippen LogP contribution in [0.15, 0.2) is 59.3 Å². The van der Waals surface area contributed by atoms with E-state index in [0.29, 0.717) is 6.61 Å². The van der Waals surface area contributed by atoms with Crippen LogP contribution in [-0.4, -0.2) is 36.7 Å². The molecule has 7 heteroatoms. The van der Waals surface area contributed by atoms with Crippen LogP contribution < -0.4 is 4.90 Å². The molecule has 0 N–H and O–H groups in total. The molecule has 34 heavy (non-hydrogen) atoms. The van der Waals surface area contributed by atoms with Crippen molar-refractivity contribution in [2.24, 2.45) is 0 Å². The predicted octanol–water partition coefficient (Wildman–Crippen LogP) is 8.45. The first-order valence-corrected chi connectivity index (χ1v) is 15.0. The molecule has 1 unspecified atom stereocenters. The number of aromatic nitrogens is 1. The van der Waals surface area contributed by atoms with Crippen LogP contribution in [-0.2, 0) is 11.3 Å². The number of rotatable bonds is 7. The summed E-state index contributed by atoms with van der Waals surface area (Å²) in [5.41, 5.74) is 4.82. The third-order valence-electron chi connectivity index (χ3n) is 5.72. The molecule has 4 rings (SSSR count). The Bertz CT molecular complexity index is 1060. The summed E-state index contributed by atoms with van der Waals surface area (Å²) >= 11 is 11.1. The van der Waals surface area contributed by atoms with Gasteiger partial charge in [-0.15, -0.1) is 34.9 Å². The molecule has 1 aromatic heterocycles. The van der Waals surface area contributed by atoms with Crippen LogP contribution in [0.3, 0.4) is 0 Å². The second-order valence-corrected chi connectivity index (χ2v) is 11.7. The van der Waals surface area contributed by atoms with E-state index >= 15 is 0 Å². The Labute approximate surface area is 222 Å².